The molecule has 0 saturated heterocycles. The van der Waals surface area contributed by atoms with Crippen LogP contribution in [0.1, 0.15) is 5.56 Å². The lowest BCUT2D eigenvalue weighted by Gasteiger charge is -2.05. The first-order valence-electron chi connectivity index (χ1n) is 7.54. The summed E-state index contributed by atoms with van der Waals surface area (Å²) >= 11 is 2.87. The number of hydrogen-bond donors (Lipinski definition) is 0. The van der Waals surface area contributed by atoms with Crippen LogP contribution in [-0.4, -0.2) is 21.2 Å². The van der Waals surface area contributed by atoms with Gasteiger partial charge < -0.3 is 4.74 Å². The van der Waals surface area contributed by atoms with E-state index in [4.69, 9.17) is 4.74 Å². The van der Waals surface area contributed by atoms with Crippen LogP contribution >= 0.6 is 22.7 Å². The zero-order valence-corrected chi connectivity index (χ0v) is 14.7. The van der Waals surface area contributed by atoms with Crippen LogP contribution in [0.5, 0.6) is 5.75 Å². The van der Waals surface area contributed by atoms with Gasteiger partial charge in [-0.3, -0.25) is 4.79 Å². The molecule has 4 rings (SSSR count). The molecule has 0 N–H and O–H groups in total. The predicted molar refractivity (Wildman–Crippen MR) is 101 cm³/mol. The Morgan fingerprint density at radius 2 is 2.12 bits per heavy atom. The van der Waals surface area contributed by atoms with E-state index in [0.717, 1.165) is 10.4 Å². The van der Waals surface area contributed by atoms with E-state index in [1.54, 1.807) is 17.4 Å². The molecule has 0 radical (unpaired) electrons. The van der Waals surface area contributed by atoms with Crippen LogP contribution in [0.15, 0.2) is 59.2 Å². The first-order chi connectivity index (χ1) is 12.3. The summed E-state index contributed by atoms with van der Waals surface area (Å²) in [4.78, 5) is 18.6. The van der Waals surface area contributed by atoms with Crippen molar-refractivity contribution in [1.29, 1.82) is 0 Å². The molecule has 3 heterocycles. The summed E-state index contributed by atoms with van der Waals surface area (Å²) in [5.41, 5.74) is 0.665. The van der Waals surface area contributed by atoms with Crippen LogP contribution in [0.2, 0.25) is 0 Å². The first kappa shape index (κ1) is 15.7. The van der Waals surface area contributed by atoms with E-state index in [0.29, 0.717) is 27.7 Å². The Morgan fingerprint density at radius 3 is 2.88 bits per heavy atom. The van der Waals surface area contributed by atoms with Gasteiger partial charge in [0.2, 0.25) is 4.96 Å². The summed E-state index contributed by atoms with van der Waals surface area (Å²) in [5, 5.41) is 6.30. The van der Waals surface area contributed by atoms with Crippen LogP contribution in [-0.2, 0) is 0 Å². The molecular weight excluding hydrogens is 354 g/mol. The van der Waals surface area contributed by atoms with Gasteiger partial charge in [0.1, 0.15) is 12.4 Å². The van der Waals surface area contributed by atoms with Gasteiger partial charge in [-0.05, 0) is 23.6 Å². The molecule has 3 aromatic heterocycles. The molecular formula is C18H13N3O2S2. The molecule has 0 spiro atoms. The van der Waals surface area contributed by atoms with Crippen LogP contribution in [0.4, 0.5) is 0 Å². The third-order valence-electron chi connectivity index (χ3n) is 3.49. The number of thiophene rings is 1. The van der Waals surface area contributed by atoms with Gasteiger partial charge in [0.25, 0.3) is 5.56 Å². The van der Waals surface area contributed by atoms with Crippen molar-refractivity contribution in [3.05, 3.63) is 74.9 Å². The Bertz CT molecular complexity index is 1140. The van der Waals surface area contributed by atoms with Crippen LogP contribution in [0.25, 0.3) is 21.7 Å². The fraction of sp³-hybridized carbons (Fsp3) is 0.0556. The molecule has 7 heteroatoms. The molecule has 0 bridgehead atoms. The topological polar surface area (TPSA) is 56.5 Å². The summed E-state index contributed by atoms with van der Waals surface area (Å²) in [7, 11) is 0. The van der Waals surface area contributed by atoms with E-state index in [-0.39, 0.29) is 5.56 Å². The quantitative estimate of drug-likeness (QED) is 0.509. The van der Waals surface area contributed by atoms with Crippen molar-refractivity contribution >= 4 is 33.7 Å². The molecule has 25 heavy (non-hydrogen) atoms. The number of para-hydroxylation sites is 1. The highest BCUT2D eigenvalue weighted by Gasteiger charge is 2.12. The Labute approximate surface area is 151 Å². The smallest absolute Gasteiger partial charge is 0.291 e. The molecule has 0 amide bonds. The van der Waals surface area contributed by atoms with E-state index in [1.807, 2.05) is 47.9 Å². The number of rotatable bonds is 5. The van der Waals surface area contributed by atoms with Gasteiger partial charge >= 0.3 is 0 Å². The van der Waals surface area contributed by atoms with E-state index >= 15 is 0 Å². The monoisotopic (exact) mass is 367 g/mol. The average Bonchev–Trinajstić information content (AvgIpc) is 3.33. The normalized spacial score (nSPS) is 11.9. The second-order valence-corrected chi connectivity index (χ2v) is 7.12. The number of benzene rings is 1. The molecule has 0 fully saturated rings. The van der Waals surface area contributed by atoms with Gasteiger partial charge in [0, 0.05) is 5.56 Å². The van der Waals surface area contributed by atoms with E-state index in [9.17, 15) is 4.79 Å². The minimum atomic E-state index is -0.172. The summed E-state index contributed by atoms with van der Waals surface area (Å²) in [5.74, 6) is 1.29. The van der Waals surface area contributed by atoms with Crippen molar-refractivity contribution in [3.8, 4) is 16.5 Å². The predicted octanol–water partition coefficient (Wildman–Crippen LogP) is 2.99. The van der Waals surface area contributed by atoms with Gasteiger partial charge in [0.15, 0.2) is 5.82 Å². The summed E-state index contributed by atoms with van der Waals surface area (Å²) in [6, 6.07) is 11.4. The van der Waals surface area contributed by atoms with Crippen molar-refractivity contribution in [1.82, 2.24) is 14.6 Å². The maximum Gasteiger partial charge on any atom is 0.291 e. The highest BCUT2D eigenvalue weighted by atomic mass is 32.1. The van der Waals surface area contributed by atoms with E-state index in [2.05, 4.69) is 16.7 Å². The average molecular weight is 367 g/mol. The molecule has 0 atom stereocenters. The number of hydrogen-bond acceptors (Lipinski definition) is 6. The standard InChI is InChI=1S/C18H13N3O2S2/c1-2-9-23-13-7-4-3-6-12(13)11-15-17(22)21-18(25-15)19-16(20-21)14-8-5-10-24-14/h2-8,10-11H,1,9H2. The molecule has 0 aliphatic heterocycles. The highest BCUT2D eigenvalue weighted by Crippen LogP contribution is 2.22. The molecule has 0 unspecified atom stereocenters. The Hall–Kier alpha value is -2.77. The van der Waals surface area contributed by atoms with Gasteiger partial charge in [-0.25, -0.2) is 0 Å². The number of nitrogens with zero attached hydrogens (tertiary/aromatic N) is 3. The molecule has 124 valence electrons. The Kier molecular flexibility index (Phi) is 4.17. The molecule has 1 aromatic carbocycles. The molecule has 0 aliphatic carbocycles. The Balaban J connectivity index is 1.79. The lowest BCUT2D eigenvalue weighted by atomic mass is 10.2. The minimum Gasteiger partial charge on any atom is -0.489 e. The minimum absolute atomic E-state index is 0.172. The Morgan fingerprint density at radius 1 is 1.24 bits per heavy atom. The lowest BCUT2D eigenvalue weighted by Crippen LogP contribution is -2.23. The largest absolute Gasteiger partial charge is 0.489 e. The fourth-order valence-corrected chi connectivity index (χ4v) is 3.92. The fourth-order valence-electron chi connectivity index (χ4n) is 2.37. The van der Waals surface area contributed by atoms with E-state index in [1.165, 1.54) is 15.9 Å². The van der Waals surface area contributed by atoms with Gasteiger partial charge in [-0.15, -0.1) is 16.4 Å². The maximum absolute atomic E-state index is 12.6. The zero-order chi connectivity index (χ0) is 17.2. The van der Waals surface area contributed by atoms with Crippen molar-refractivity contribution in [3.63, 3.8) is 0 Å². The summed E-state index contributed by atoms with van der Waals surface area (Å²) in [6.45, 7) is 4.06. The van der Waals surface area contributed by atoms with Crippen molar-refractivity contribution < 1.29 is 4.74 Å². The second-order valence-electron chi connectivity index (χ2n) is 5.16. The third-order valence-corrected chi connectivity index (χ3v) is 5.31. The highest BCUT2D eigenvalue weighted by molar-refractivity contribution is 7.15. The van der Waals surface area contributed by atoms with Gasteiger partial charge in [-0.1, -0.05) is 48.3 Å². The third kappa shape index (κ3) is 2.99. The van der Waals surface area contributed by atoms with Crippen molar-refractivity contribution in [2.75, 3.05) is 6.61 Å². The molecule has 5 nitrogen and oxygen atoms in total. The summed E-state index contributed by atoms with van der Waals surface area (Å²) < 4.78 is 7.57. The number of ether oxygens (including phenoxy) is 1. The van der Waals surface area contributed by atoms with Crippen molar-refractivity contribution in [2.45, 2.75) is 0 Å². The van der Waals surface area contributed by atoms with Gasteiger partial charge in [-0.2, -0.15) is 9.50 Å². The van der Waals surface area contributed by atoms with E-state index < -0.39 is 0 Å². The second kappa shape index (κ2) is 6.62. The van der Waals surface area contributed by atoms with Crippen LogP contribution in [0.3, 0.4) is 0 Å². The lowest BCUT2D eigenvalue weighted by molar-refractivity contribution is 0.362. The molecule has 4 aromatic rings. The molecule has 0 saturated carbocycles. The number of aromatic nitrogens is 3. The van der Waals surface area contributed by atoms with Crippen LogP contribution < -0.4 is 14.8 Å². The van der Waals surface area contributed by atoms with Crippen LogP contribution in [0, 0.1) is 0 Å². The first-order valence-corrected chi connectivity index (χ1v) is 9.24. The van der Waals surface area contributed by atoms with Gasteiger partial charge in [0.05, 0.1) is 9.41 Å². The molecule has 0 aliphatic rings. The maximum atomic E-state index is 12.6. The SMILES string of the molecule is C=CCOc1ccccc1C=c1sc2nc(-c3cccs3)nn2c1=O. The number of thiazole rings is 1. The zero-order valence-electron chi connectivity index (χ0n) is 13.1. The summed E-state index contributed by atoms with van der Waals surface area (Å²) in [6.07, 6.45) is 3.50. The number of fused-ring (bicyclic) bond motifs is 1. The van der Waals surface area contributed by atoms with Crippen molar-refractivity contribution in [2.24, 2.45) is 0 Å².